The highest BCUT2D eigenvalue weighted by atomic mass is 19.1. The molecule has 2 aromatic heterocycles. The van der Waals surface area contributed by atoms with Gasteiger partial charge in [0.05, 0.1) is 18.2 Å². The van der Waals surface area contributed by atoms with Gasteiger partial charge >= 0.3 is 6.09 Å². The summed E-state index contributed by atoms with van der Waals surface area (Å²) >= 11 is 0. The molecule has 2 aromatic carbocycles. The van der Waals surface area contributed by atoms with Crippen molar-refractivity contribution >= 4 is 23.3 Å². The molecule has 1 fully saturated rings. The molecule has 1 amide bonds. The van der Waals surface area contributed by atoms with Gasteiger partial charge in [0.25, 0.3) is 0 Å². The average molecular weight is 653 g/mol. The highest BCUT2D eigenvalue weighted by molar-refractivity contribution is 5.98. The number of nitrogens with zero attached hydrogens (tertiary/aromatic N) is 3. The number of anilines is 1. The number of carbonyl (C=O) groups excluding carboxylic acids is 2. The number of hydrogen-bond donors (Lipinski definition) is 1. The fourth-order valence-corrected chi connectivity index (χ4v) is 6.50. The molecule has 48 heavy (non-hydrogen) atoms. The van der Waals surface area contributed by atoms with Crippen LogP contribution in [0.15, 0.2) is 84.1 Å². The van der Waals surface area contributed by atoms with Crippen LogP contribution in [0.25, 0.3) is 27.8 Å². The maximum atomic E-state index is 13.5. The third kappa shape index (κ3) is 6.93. The van der Waals surface area contributed by atoms with Crippen LogP contribution in [0, 0.1) is 5.82 Å². The Morgan fingerprint density at radius 3 is 2.33 bits per heavy atom. The molecule has 10 heteroatoms. The molecule has 2 aliphatic rings. The monoisotopic (exact) mass is 652 g/mol. The standard InChI is InChI=1S/C38H38F2N4O4/c1-38(2,3)48-37(47)44-29-12-13-30(44)18-26(17-29)27-19-31(36(41)42-20-27)24-6-4-23(5-7-24)16-34(45)33-22-43(15-14-39)21-32(35(33)46)25-8-10-28(40)11-9-25/h4-11,17,19-22,29-30H,12-16,18H2,1-3H3,(H2,41,42). The fourth-order valence-electron chi connectivity index (χ4n) is 6.50. The number of carbonyl (C=O) groups is 2. The third-order valence-electron chi connectivity index (χ3n) is 8.80. The van der Waals surface area contributed by atoms with Gasteiger partial charge in [0.1, 0.15) is 23.9 Å². The Kier molecular flexibility index (Phi) is 9.01. The first kappa shape index (κ1) is 32.8. The number of hydrogen-bond acceptors (Lipinski definition) is 6. The number of halogens is 2. The van der Waals surface area contributed by atoms with Crippen molar-refractivity contribution in [2.24, 2.45) is 0 Å². The van der Waals surface area contributed by atoms with Crippen molar-refractivity contribution in [2.45, 2.75) is 70.7 Å². The summed E-state index contributed by atoms with van der Waals surface area (Å²) in [6.45, 7) is 4.90. The number of ether oxygens (including phenoxy) is 1. The van der Waals surface area contributed by atoms with Crippen LogP contribution in [0.2, 0.25) is 0 Å². The second-order valence-corrected chi connectivity index (χ2v) is 13.4. The molecule has 4 heterocycles. The number of rotatable bonds is 8. The van der Waals surface area contributed by atoms with Crippen LogP contribution in [0.3, 0.4) is 0 Å². The molecule has 248 valence electrons. The second kappa shape index (κ2) is 13.2. The number of ketones is 1. The molecule has 0 radical (unpaired) electrons. The summed E-state index contributed by atoms with van der Waals surface area (Å²) in [5, 5.41) is 0. The van der Waals surface area contributed by atoms with Gasteiger partial charge < -0.3 is 15.0 Å². The SMILES string of the molecule is CC(C)(C)OC(=O)N1C2C=C(c3cnc(N)c(-c4ccc(CC(=O)c5cn(CCF)cc(-c6ccc(F)cc6)c5=O)cc4)c3)CC1CC2. The van der Waals surface area contributed by atoms with Crippen molar-refractivity contribution in [3.8, 4) is 22.3 Å². The molecule has 1 saturated heterocycles. The Morgan fingerprint density at radius 1 is 0.979 bits per heavy atom. The van der Waals surface area contributed by atoms with Gasteiger partial charge in [0, 0.05) is 42.2 Å². The number of alkyl halides is 1. The number of pyridine rings is 2. The summed E-state index contributed by atoms with van der Waals surface area (Å²) in [6, 6.07) is 14.7. The molecule has 6 rings (SSSR count). The molecule has 2 atom stereocenters. The van der Waals surface area contributed by atoms with Crippen LogP contribution in [0.5, 0.6) is 0 Å². The van der Waals surface area contributed by atoms with Crippen LogP contribution in [-0.4, -0.2) is 50.7 Å². The lowest BCUT2D eigenvalue weighted by Gasteiger charge is -2.35. The van der Waals surface area contributed by atoms with Gasteiger partial charge in [-0.3, -0.25) is 14.5 Å². The zero-order chi connectivity index (χ0) is 34.2. The molecule has 0 spiro atoms. The number of amides is 1. The fraction of sp³-hybridized carbons (Fsp3) is 0.316. The first-order valence-electron chi connectivity index (χ1n) is 16.1. The largest absolute Gasteiger partial charge is 0.444 e. The van der Waals surface area contributed by atoms with Crippen molar-refractivity contribution in [2.75, 3.05) is 12.4 Å². The average Bonchev–Trinajstić information content (AvgIpc) is 3.31. The van der Waals surface area contributed by atoms with Crippen LogP contribution in [0.1, 0.15) is 61.5 Å². The molecule has 0 saturated carbocycles. The van der Waals surface area contributed by atoms with Gasteiger partial charge in [-0.15, -0.1) is 0 Å². The van der Waals surface area contributed by atoms with E-state index in [2.05, 4.69) is 11.1 Å². The van der Waals surface area contributed by atoms with E-state index in [1.165, 1.54) is 41.2 Å². The molecule has 2 aliphatic heterocycles. The number of benzene rings is 2. The first-order chi connectivity index (χ1) is 22.9. The summed E-state index contributed by atoms with van der Waals surface area (Å²) < 4.78 is 33.9. The highest BCUT2D eigenvalue weighted by Gasteiger charge is 2.41. The molecular formula is C38H38F2N4O4. The molecular weight excluding hydrogens is 614 g/mol. The Morgan fingerprint density at radius 2 is 1.67 bits per heavy atom. The molecule has 4 aromatic rings. The first-order valence-corrected chi connectivity index (χ1v) is 16.1. The van der Waals surface area contributed by atoms with Crippen LogP contribution >= 0.6 is 0 Å². The molecule has 0 aliphatic carbocycles. The van der Waals surface area contributed by atoms with Crippen molar-refractivity contribution in [3.63, 3.8) is 0 Å². The van der Waals surface area contributed by atoms with Gasteiger partial charge in [-0.25, -0.2) is 18.6 Å². The van der Waals surface area contributed by atoms with Gasteiger partial charge in [0.2, 0.25) is 0 Å². The molecule has 2 bridgehead atoms. The summed E-state index contributed by atoms with van der Waals surface area (Å²) in [7, 11) is 0. The third-order valence-corrected chi connectivity index (χ3v) is 8.80. The lowest BCUT2D eigenvalue weighted by Crippen LogP contribution is -2.45. The van der Waals surface area contributed by atoms with Crippen LogP contribution < -0.4 is 11.2 Å². The summed E-state index contributed by atoms with van der Waals surface area (Å²) in [6.07, 6.45) is 8.89. The molecule has 2 unspecified atom stereocenters. The van der Waals surface area contributed by atoms with Crippen molar-refractivity contribution in [1.82, 2.24) is 14.5 Å². The zero-order valence-corrected chi connectivity index (χ0v) is 27.2. The number of Topliss-reactive ketones (excluding diaryl/α,β-unsaturated/α-hetero) is 1. The Labute approximate surface area is 277 Å². The number of aryl methyl sites for hydroxylation is 1. The van der Waals surface area contributed by atoms with E-state index in [0.29, 0.717) is 23.4 Å². The summed E-state index contributed by atoms with van der Waals surface area (Å²) in [5.74, 6) is -0.498. The minimum absolute atomic E-state index is 0.0296. The zero-order valence-electron chi connectivity index (χ0n) is 27.2. The van der Waals surface area contributed by atoms with E-state index in [1.54, 1.807) is 6.20 Å². The van der Waals surface area contributed by atoms with E-state index in [0.717, 1.165) is 35.1 Å². The quantitative estimate of drug-likeness (QED) is 0.201. The van der Waals surface area contributed by atoms with Gasteiger partial charge in [-0.2, -0.15) is 0 Å². The number of nitrogen functional groups attached to an aromatic ring is 1. The maximum Gasteiger partial charge on any atom is 0.411 e. The lowest BCUT2D eigenvalue weighted by atomic mass is 9.93. The van der Waals surface area contributed by atoms with E-state index < -0.39 is 29.3 Å². The Hall–Kier alpha value is -5.12. The smallest absolute Gasteiger partial charge is 0.411 e. The summed E-state index contributed by atoms with van der Waals surface area (Å²) in [4.78, 5) is 46.0. The van der Waals surface area contributed by atoms with E-state index >= 15 is 0 Å². The van der Waals surface area contributed by atoms with E-state index in [9.17, 15) is 23.2 Å². The van der Waals surface area contributed by atoms with Crippen LogP contribution in [-0.2, 0) is 17.7 Å². The van der Waals surface area contributed by atoms with E-state index in [1.807, 2.05) is 56.0 Å². The molecule has 2 N–H and O–H groups in total. The van der Waals surface area contributed by atoms with Gasteiger partial charge in [-0.1, -0.05) is 42.5 Å². The molecule has 8 nitrogen and oxygen atoms in total. The number of aromatic nitrogens is 2. The van der Waals surface area contributed by atoms with Crippen LogP contribution in [0.4, 0.5) is 19.4 Å². The predicted molar refractivity (Wildman–Crippen MR) is 182 cm³/mol. The maximum absolute atomic E-state index is 13.5. The second-order valence-electron chi connectivity index (χ2n) is 13.4. The Bertz CT molecular complexity index is 1950. The Balaban J connectivity index is 1.21. The van der Waals surface area contributed by atoms with Gasteiger partial charge in [-0.05, 0) is 86.1 Å². The van der Waals surface area contributed by atoms with Crippen molar-refractivity contribution < 1.29 is 23.1 Å². The van der Waals surface area contributed by atoms with E-state index in [4.69, 9.17) is 10.5 Å². The normalized spacial score (nSPS) is 17.3. The van der Waals surface area contributed by atoms with E-state index in [-0.39, 0.29) is 42.3 Å². The topological polar surface area (TPSA) is 108 Å². The predicted octanol–water partition coefficient (Wildman–Crippen LogP) is 7.25. The number of nitrogens with two attached hydrogens (primary N) is 1. The number of fused-ring (bicyclic) bond motifs is 2. The summed E-state index contributed by atoms with van der Waals surface area (Å²) in [5.41, 5.74) is 10.1. The minimum atomic E-state index is -0.678. The highest BCUT2D eigenvalue weighted by Crippen LogP contribution is 2.40. The van der Waals surface area contributed by atoms with Gasteiger partial charge in [0.15, 0.2) is 11.2 Å². The lowest BCUT2D eigenvalue weighted by molar-refractivity contribution is 0.0175. The minimum Gasteiger partial charge on any atom is -0.444 e. The van der Waals surface area contributed by atoms with Crippen molar-refractivity contribution in [3.05, 3.63) is 112 Å². The van der Waals surface area contributed by atoms with Crippen molar-refractivity contribution in [1.29, 1.82) is 0 Å².